The van der Waals surface area contributed by atoms with E-state index in [1.54, 1.807) is 0 Å². The van der Waals surface area contributed by atoms with Crippen LogP contribution in [0, 0.1) is 20.8 Å². The van der Waals surface area contributed by atoms with Gasteiger partial charge in [0.15, 0.2) is 0 Å². The van der Waals surface area contributed by atoms with Crippen molar-refractivity contribution < 1.29 is 13.2 Å². The lowest BCUT2D eigenvalue weighted by Gasteiger charge is -2.30. The van der Waals surface area contributed by atoms with Crippen LogP contribution in [0.25, 0.3) is 5.69 Å². The number of amides is 1. The van der Waals surface area contributed by atoms with Crippen LogP contribution in [0.2, 0.25) is 0 Å². The van der Waals surface area contributed by atoms with Gasteiger partial charge in [0.1, 0.15) is 0 Å². The van der Waals surface area contributed by atoms with Crippen molar-refractivity contribution in [2.24, 2.45) is 0 Å². The highest BCUT2D eigenvalue weighted by molar-refractivity contribution is 7.88. The molecule has 27 heavy (non-hydrogen) atoms. The Morgan fingerprint density at radius 3 is 2.33 bits per heavy atom. The van der Waals surface area contributed by atoms with Crippen LogP contribution < -0.4 is 5.32 Å². The van der Waals surface area contributed by atoms with Crippen LogP contribution in [0.3, 0.4) is 0 Å². The smallest absolute Gasteiger partial charge is 0.253 e. The maximum atomic E-state index is 12.8. The Bertz CT molecular complexity index is 955. The molecule has 0 atom stereocenters. The van der Waals surface area contributed by atoms with E-state index in [1.165, 1.54) is 10.6 Å². The molecule has 2 aromatic rings. The van der Waals surface area contributed by atoms with Gasteiger partial charge in [0, 0.05) is 36.2 Å². The molecule has 1 aromatic carbocycles. The highest BCUT2D eigenvalue weighted by atomic mass is 32.2. The van der Waals surface area contributed by atoms with Gasteiger partial charge in [-0.15, -0.1) is 0 Å². The summed E-state index contributed by atoms with van der Waals surface area (Å²) in [5, 5.41) is 3.08. The summed E-state index contributed by atoms with van der Waals surface area (Å²) in [6, 6.07) is 10.0. The van der Waals surface area contributed by atoms with Gasteiger partial charge >= 0.3 is 0 Å². The summed E-state index contributed by atoms with van der Waals surface area (Å²) < 4.78 is 26.8. The van der Waals surface area contributed by atoms with Crippen molar-refractivity contribution >= 4 is 15.9 Å². The van der Waals surface area contributed by atoms with Gasteiger partial charge in [-0.2, -0.15) is 0 Å². The van der Waals surface area contributed by atoms with Crippen LogP contribution >= 0.6 is 0 Å². The minimum atomic E-state index is -3.16. The van der Waals surface area contributed by atoms with Gasteiger partial charge in [-0.05, 0) is 51.3 Å². The number of carbonyl (C=O) groups is 1. The number of carbonyl (C=O) groups excluding carboxylic acids is 1. The minimum absolute atomic E-state index is 0.00276. The molecule has 1 aromatic heterocycles. The second-order valence-corrected chi connectivity index (χ2v) is 9.30. The van der Waals surface area contributed by atoms with E-state index in [9.17, 15) is 13.2 Å². The largest absolute Gasteiger partial charge is 0.349 e. The Labute approximate surface area is 161 Å². The number of rotatable bonds is 4. The molecule has 0 unspecified atom stereocenters. The van der Waals surface area contributed by atoms with Gasteiger partial charge in [-0.3, -0.25) is 4.79 Å². The van der Waals surface area contributed by atoms with Gasteiger partial charge in [-0.1, -0.05) is 18.2 Å². The second-order valence-electron chi connectivity index (χ2n) is 7.32. The molecular weight excluding hydrogens is 362 g/mol. The fourth-order valence-electron chi connectivity index (χ4n) is 3.77. The lowest BCUT2D eigenvalue weighted by molar-refractivity contribution is 0.0923. The quantitative estimate of drug-likeness (QED) is 0.874. The number of aryl methyl sites for hydroxylation is 2. The zero-order valence-corrected chi connectivity index (χ0v) is 17.1. The maximum absolute atomic E-state index is 12.8. The van der Waals surface area contributed by atoms with Crippen molar-refractivity contribution in [3.05, 3.63) is 52.8 Å². The van der Waals surface area contributed by atoms with Gasteiger partial charge in [0.2, 0.25) is 10.0 Å². The summed E-state index contributed by atoms with van der Waals surface area (Å²) >= 11 is 0. The second kappa shape index (κ2) is 7.48. The number of hydrogen-bond donors (Lipinski definition) is 1. The van der Waals surface area contributed by atoms with Crippen molar-refractivity contribution in [3.63, 3.8) is 0 Å². The van der Waals surface area contributed by atoms with Gasteiger partial charge < -0.3 is 9.88 Å². The number of nitrogens with zero attached hydrogens (tertiary/aromatic N) is 2. The molecule has 0 saturated carbocycles. The maximum Gasteiger partial charge on any atom is 0.253 e. The first-order valence-corrected chi connectivity index (χ1v) is 11.0. The SMILES string of the molecule is Cc1ccccc1-n1c(C)cc(C(=O)NC2CCN(S(C)(=O)=O)CC2)c1C. The van der Waals surface area contributed by atoms with Crippen LogP contribution in [-0.4, -0.2) is 48.6 Å². The Morgan fingerprint density at radius 1 is 1.11 bits per heavy atom. The monoisotopic (exact) mass is 389 g/mol. The highest BCUT2D eigenvalue weighted by Gasteiger charge is 2.27. The Hall–Kier alpha value is -2.12. The van der Waals surface area contributed by atoms with E-state index in [-0.39, 0.29) is 11.9 Å². The molecule has 1 aliphatic heterocycles. The summed E-state index contributed by atoms with van der Waals surface area (Å²) in [6.45, 7) is 6.92. The number of nitrogens with one attached hydrogen (secondary N) is 1. The Kier molecular flexibility index (Phi) is 5.44. The van der Waals surface area contributed by atoms with Crippen molar-refractivity contribution in [1.29, 1.82) is 0 Å². The molecule has 1 saturated heterocycles. The molecule has 2 heterocycles. The summed E-state index contributed by atoms with van der Waals surface area (Å²) in [4.78, 5) is 12.8. The number of aromatic nitrogens is 1. The fraction of sp³-hybridized carbons (Fsp3) is 0.450. The lowest BCUT2D eigenvalue weighted by Crippen LogP contribution is -2.46. The van der Waals surface area contributed by atoms with Crippen LogP contribution in [0.1, 0.15) is 40.2 Å². The van der Waals surface area contributed by atoms with Crippen LogP contribution in [0.15, 0.2) is 30.3 Å². The average molecular weight is 390 g/mol. The molecule has 146 valence electrons. The van der Waals surface area contributed by atoms with Gasteiger partial charge in [-0.25, -0.2) is 12.7 Å². The topological polar surface area (TPSA) is 71.4 Å². The third-order valence-corrected chi connectivity index (χ3v) is 6.59. The summed E-state index contributed by atoms with van der Waals surface area (Å²) in [7, 11) is -3.16. The molecule has 0 bridgehead atoms. The normalized spacial score (nSPS) is 16.4. The summed E-state index contributed by atoms with van der Waals surface area (Å²) in [5.74, 6) is -0.0965. The van der Waals surface area contributed by atoms with Crippen molar-refractivity contribution in [3.8, 4) is 5.69 Å². The first-order chi connectivity index (χ1) is 12.7. The Balaban J connectivity index is 1.75. The molecule has 0 spiro atoms. The molecule has 1 N–H and O–H groups in total. The average Bonchev–Trinajstić information content (AvgIpc) is 2.90. The molecule has 1 fully saturated rings. The summed E-state index contributed by atoms with van der Waals surface area (Å²) in [6.07, 6.45) is 2.50. The molecule has 0 radical (unpaired) electrons. The van der Waals surface area contributed by atoms with E-state index in [0.717, 1.165) is 22.6 Å². The van der Waals surface area contributed by atoms with E-state index in [2.05, 4.69) is 28.9 Å². The van der Waals surface area contributed by atoms with E-state index in [4.69, 9.17) is 0 Å². The van der Waals surface area contributed by atoms with E-state index < -0.39 is 10.0 Å². The van der Waals surface area contributed by atoms with Crippen molar-refractivity contribution in [1.82, 2.24) is 14.2 Å². The van der Waals surface area contributed by atoms with Crippen molar-refractivity contribution in [2.45, 2.75) is 39.7 Å². The lowest BCUT2D eigenvalue weighted by atomic mass is 10.1. The molecule has 1 amide bonds. The third-order valence-electron chi connectivity index (χ3n) is 5.29. The molecule has 3 rings (SSSR count). The van der Waals surface area contributed by atoms with E-state index in [0.29, 0.717) is 31.5 Å². The van der Waals surface area contributed by atoms with Crippen LogP contribution in [0.4, 0.5) is 0 Å². The molecule has 1 aliphatic rings. The number of hydrogen-bond acceptors (Lipinski definition) is 3. The predicted molar refractivity (Wildman–Crippen MR) is 107 cm³/mol. The zero-order chi connectivity index (χ0) is 19.8. The first kappa shape index (κ1) is 19.6. The summed E-state index contributed by atoms with van der Waals surface area (Å²) in [5.41, 5.74) is 4.82. The van der Waals surface area contributed by atoms with Crippen LogP contribution in [0.5, 0.6) is 0 Å². The fourth-order valence-corrected chi connectivity index (χ4v) is 4.65. The van der Waals surface area contributed by atoms with Crippen molar-refractivity contribution in [2.75, 3.05) is 19.3 Å². The van der Waals surface area contributed by atoms with E-state index >= 15 is 0 Å². The third kappa shape index (κ3) is 4.09. The molecular formula is C20H27N3O3S. The standard InChI is InChI=1S/C20H27N3O3S/c1-14-7-5-6-8-19(14)23-15(2)13-18(16(23)3)20(24)21-17-9-11-22(12-10-17)27(4,25)26/h5-8,13,17H,9-12H2,1-4H3,(H,21,24). The molecule has 0 aliphatic carbocycles. The zero-order valence-electron chi connectivity index (χ0n) is 16.3. The Morgan fingerprint density at radius 2 is 1.74 bits per heavy atom. The number of sulfonamides is 1. The van der Waals surface area contributed by atoms with Crippen LogP contribution in [-0.2, 0) is 10.0 Å². The van der Waals surface area contributed by atoms with Gasteiger partial charge in [0.25, 0.3) is 5.91 Å². The van der Waals surface area contributed by atoms with Gasteiger partial charge in [0.05, 0.1) is 11.8 Å². The number of benzene rings is 1. The first-order valence-electron chi connectivity index (χ1n) is 9.19. The number of piperidine rings is 1. The minimum Gasteiger partial charge on any atom is -0.349 e. The number of para-hydroxylation sites is 1. The predicted octanol–water partition coefficient (Wildman–Crippen LogP) is 2.56. The highest BCUT2D eigenvalue weighted by Crippen LogP contribution is 2.23. The molecule has 7 heteroatoms. The van der Waals surface area contributed by atoms with E-state index in [1.807, 2.05) is 32.0 Å². The molecule has 6 nitrogen and oxygen atoms in total.